The molecule has 1 aromatic carbocycles. The zero-order valence-corrected chi connectivity index (χ0v) is 13.9. The zero-order chi connectivity index (χ0) is 17.2. The van der Waals surface area contributed by atoms with Gasteiger partial charge in [-0.05, 0) is 36.8 Å². The minimum Gasteiger partial charge on any atom is -0.335 e. The number of nitrogens with one attached hydrogen (secondary N) is 1. The highest BCUT2D eigenvalue weighted by molar-refractivity contribution is 7.90. The van der Waals surface area contributed by atoms with Gasteiger partial charge < -0.3 is 9.88 Å². The first-order valence-corrected chi connectivity index (χ1v) is 8.86. The van der Waals surface area contributed by atoms with Crippen LogP contribution in [0.25, 0.3) is 0 Å². The van der Waals surface area contributed by atoms with Crippen LogP contribution in [0.1, 0.15) is 28.9 Å². The van der Waals surface area contributed by atoms with Crippen molar-refractivity contribution in [2.45, 2.75) is 17.9 Å². The lowest BCUT2D eigenvalue weighted by molar-refractivity contribution is 0.0740. The van der Waals surface area contributed by atoms with Crippen LogP contribution in [0, 0.1) is 0 Å². The first kappa shape index (κ1) is 17.0. The molecule has 1 N–H and O–H groups in total. The summed E-state index contributed by atoms with van der Waals surface area (Å²) in [6, 6.07) is 9.10. The molecule has 0 saturated heterocycles. The van der Waals surface area contributed by atoms with Crippen molar-refractivity contribution in [2.75, 3.05) is 13.3 Å². The number of carbonyl (C=O) groups is 1. The highest BCUT2D eigenvalue weighted by atomic mass is 32.2. The molecule has 0 bridgehead atoms. The van der Waals surface area contributed by atoms with Crippen LogP contribution in [0.2, 0.25) is 0 Å². The maximum Gasteiger partial charge on any atom is 0.260 e. The molecule has 0 aliphatic carbocycles. The smallest absolute Gasteiger partial charge is 0.260 e. The van der Waals surface area contributed by atoms with Crippen molar-refractivity contribution in [3.63, 3.8) is 0 Å². The minimum absolute atomic E-state index is 0.0645. The van der Waals surface area contributed by atoms with E-state index in [1.807, 2.05) is 6.92 Å². The third-order valence-corrected chi connectivity index (χ3v) is 4.87. The molecule has 0 fully saturated rings. The van der Waals surface area contributed by atoms with Gasteiger partial charge in [0, 0.05) is 19.5 Å². The maximum atomic E-state index is 12.4. The number of benzene rings is 1. The summed E-state index contributed by atoms with van der Waals surface area (Å²) in [4.78, 5) is 28.3. The van der Waals surface area contributed by atoms with Gasteiger partial charge in [0.15, 0.2) is 9.84 Å². The Morgan fingerprint density at radius 2 is 1.78 bits per heavy atom. The normalized spacial score (nSPS) is 12.7. The molecule has 0 unspecified atom stereocenters. The molecule has 1 amide bonds. The summed E-state index contributed by atoms with van der Waals surface area (Å²) in [5, 5.41) is 0. The number of sulfone groups is 1. The van der Waals surface area contributed by atoms with Gasteiger partial charge in [0.05, 0.1) is 10.9 Å². The van der Waals surface area contributed by atoms with Crippen LogP contribution < -0.4 is 5.56 Å². The van der Waals surface area contributed by atoms with E-state index in [4.69, 9.17) is 0 Å². The predicted octanol–water partition coefficient (Wildman–Crippen LogP) is 1.61. The Bertz CT molecular complexity index is 869. The second-order valence-electron chi connectivity index (χ2n) is 5.35. The van der Waals surface area contributed by atoms with E-state index in [9.17, 15) is 18.0 Å². The topological polar surface area (TPSA) is 87.3 Å². The number of hydrogen-bond acceptors (Lipinski definition) is 4. The van der Waals surface area contributed by atoms with E-state index in [1.54, 1.807) is 25.2 Å². The Kier molecular flexibility index (Phi) is 4.70. The van der Waals surface area contributed by atoms with Crippen molar-refractivity contribution in [1.29, 1.82) is 0 Å². The van der Waals surface area contributed by atoms with E-state index in [1.165, 1.54) is 29.3 Å². The summed E-state index contributed by atoms with van der Waals surface area (Å²) in [6.07, 6.45) is 2.61. The number of pyridine rings is 1. The number of aromatic nitrogens is 1. The van der Waals surface area contributed by atoms with Crippen molar-refractivity contribution < 1.29 is 13.2 Å². The molecule has 1 atom stereocenters. The van der Waals surface area contributed by atoms with E-state index < -0.39 is 21.3 Å². The average Bonchev–Trinajstić information content (AvgIpc) is 2.52. The van der Waals surface area contributed by atoms with Crippen LogP contribution in [0.5, 0.6) is 0 Å². The van der Waals surface area contributed by atoms with Crippen LogP contribution >= 0.6 is 0 Å². The molecule has 2 rings (SSSR count). The molecule has 1 heterocycles. The van der Waals surface area contributed by atoms with Crippen molar-refractivity contribution in [1.82, 2.24) is 9.88 Å². The molecule has 1 aromatic heterocycles. The Morgan fingerprint density at radius 3 is 2.30 bits per heavy atom. The highest BCUT2D eigenvalue weighted by Gasteiger charge is 2.21. The molecular weight excluding hydrogens is 316 g/mol. The van der Waals surface area contributed by atoms with Crippen LogP contribution in [0.4, 0.5) is 0 Å². The number of carbonyl (C=O) groups excluding carboxylic acids is 1. The molecule has 0 radical (unpaired) electrons. The van der Waals surface area contributed by atoms with E-state index in [2.05, 4.69) is 4.98 Å². The van der Waals surface area contributed by atoms with Gasteiger partial charge >= 0.3 is 0 Å². The molecule has 6 nitrogen and oxygen atoms in total. The summed E-state index contributed by atoms with van der Waals surface area (Å²) in [6.45, 7) is 1.81. The van der Waals surface area contributed by atoms with Gasteiger partial charge in [0.25, 0.3) is 11.5 Å². The number of nitrogens with zero attached hydrogens (tertiary/aromatic N) is 1. The monoisotopic (exact) mass is 334 g/mol. The molecule has 0 saturated carbocycles. The molecule has 23 heavy (non-hydrogen) atoms. The van der Waals surface area contributed by atoms with Gasteiger partial charge in [0.1, 0.15) is 5.56 Å². The molecule has 0 aliphatic rings. The minimum atomic E-state index is -3.26. The fraction of sp³-hybridized carbons (Fsp3) is 0.250. The fourth-order valence-electron chi connectivity index (χ4n) is 2.17. The number of hydrogen-bond donors (Lipinski definition) is 1. The van der Waals surface area contributed by atoms with Crippen molar-refractivity contribution in [3.05, 3.63) is 64.1 Å². The van der Waals surface area contributed by atoms with E-state index in [-0.39, 0.29) is 16.5 Å². The largest absolute Gasteiger partial charge is 0.335 e. The zero-order valence-electron chi connectivity index (χ0n) is 13.1. The highest BCUT2D eigenvalue weighted by Crippen LogP contribution is 2.21. The first-order chi connectivity index (χ1) is 10.7. The van der Waals surface area contributed by atoms with Crippen molar-refractivity contribution in [2.24, 2.45) is 0 Å². The second-order valence-corrected chi connectivity index (χ2v) is 7.36. The Balaban J connectivity index is 2.26. The van der Waals surface area contributed by atoms with Crippen LogP contribution in [0.15, 0.2) is 52.3 Å². The Labute approximate surface area is 134 Å². The van der Waals surface area contributed by atoms with E-state index in [0.717, 1.165) is 11.8 Å². The van der Waals surface area contributed by atoms with Crippen LogP contribution in [-0.2, 0) is 9.84 Å². The Hall–Kier alpha value is -2.41. The second kappa shape index (κ2) is 6.37. The lowest BCUT2D eigenvalue weighted by Crippen LogP contribution is -2.33. The van der Waals surface area contributed by atoms with Gasteiger partial charge in [-0.3, -0.25) is 9.59 Å². The number of rotatable bonds is 4. The average molecular weight is 334 g/mol. The van der Waals surface area contributed by atoms with Gasteiger partial charge in [0.2, 0.25) is 0 Å². The van der Waals surface area contributed by atoms with Gasteiger partial charge in [-0.15, -0.1) is 0 Å². The first-order valence-electron chi connectivity index (χ1n) is 6.96. The van der Waals surface area contributed by atoms with Gasteiger partial charge in [-0.1, -0.05) is 12.1 Å². The van der Waals surface area contributed by atoms with E-state index in [0.29, 0.717) is 0 Å². The molecule has 7 heteroatoms. The predicted molar refractivity (Wildman–Crippen MR) is 87.1 cm³/mol. The van der Waals surface area contributed by atoms with Crippen LogP contribution in [0.3, 0.4) is 0 Å². The third-order valence-electron chi connectivity index (χ3n) is 3.74. The molecule has 0 spiro atoms. The lowest BCUT2D eigenvalue weighted by Gasteiger charge is -2.25. The quantitative estimate of drug-likeness (QED) is 0.920. The Morgan fingerprint density at radius 1 is 1.17 bits per heavy atom. The molecule has 2 aromatic rings. The number of H-pyrrole nitrogens is 1. The van der Waals surface area contributed by atoms with E-state index >= 15 is 0 Å². The maximum absolute atomic E-state index is 12.4. The third kappa shape index (κ3) is 3.68. The summed E-state index contributed by atoms with van der Waals surface area (Å²) in [5.41, 5.74) is 0.402. The number of aromatic amines is 1. The van der Waals surface area contributed by atoms with Crippen molar-refractivity contribution in [3.8, 4) is 0 Å². The fourth-order valence-corrected chi connectivity index (χ4v) is 2.80. The van der Waals surface area contributed by atoms with Gasteiger partial charge in [-0.25, -0.2) is 8.42 Å². The van der Waals surface area contributed by atoms with Crippen molar-refractivity contribution >= 4 is 15.7 Å². The standard InChI is InChI=1S/C16H18N2O4S/c1-11(12-6-8-13(9-7-12)23(3,21)22)18(2)16(20)14-5-4-10-17-15(14)19/h4-11H,1-3H3,(H,17,19)/t11-/m1/s1. The summed E-state index contributed by atoms with van der Waals surface area (Å²) in [7, 11) is -1.66. The number of amides is 1. The molecule has 0 aliphatic heterocycles. The summed E-state index contributed by atoms with van der Waals surface area (Å²) in [5.74, 6) is -0.397. The molecular formula is C16H18N2O4S. The summed E-state index contributed by atoms with van der Waals surface area (Å²) >= 11 is 0. The lowest BCUT2D eigenvalue weighted by atomic mass is 10.1. The van der Waals surface area contributed by atoms with Crippen LogP contribution in [-0.4, -0.2) is 37.5 Å². The SMILES string of the molecule is C[C@H](c1ccc(S(C)(=O)=O)cc1)N(C)C(=O)c1ccc[nH]c1=O. The summed E-state index contributed by atoms with van der Waals surface area (Å²) < 4.78 is 23.0. The molecule has 122 valence electrons. The van der Waals surface area contributed by atoms with Gasteiger partial charge in [-0.2, -0.15) is 0 Å².